The van der Waals surface area contributed by atoms with E-state index in [9.17, 15) is 4.79 Å². The molecule has 0 spiro atoms. The largest absolute Gasteiger partial charge is 0.378 e. The zero-order valence-corrected chi connectivity index (χ0v) is 10.5. The van der Waals surface area contributed by atoms with Crippen LogP contribution in [0.4, 0.5) is 0 Å². The monoisotopic (exact) mass is 228 g/mol. The molecule has 0 radical (unpaired) electrons. The van der Waals surface area contributed by atoms with Crippen molar-refractivity contribution in [1.29, 1.82) is 0 Å². The van der Waals surface area contributed by atoms with Crippen molar-refractivity contribution in [2.45, 2.75) is 38.6 Å². The van der Waals surface area contributed by atoms with Crippen molar-refractivity contribution in [3.05, 3.63) is 0 Å². The lowest BCUT2D eigenvalue weighted by atomic mass is 10.1. The Balaban J connectivity index is 2.35. The van der Waals surface area contributed by atoms with Gasteiger partial charge in [-0.05, 0) is 13.5 Å². The normalized spacial score (nSPS) is 18.5. The molecule has 1 unspecified atom stereocenters. The number of hydrogen-bond acceptors (Lipinski definition) is 3. The highest BCUT2D eigenvalue weighted by molar-refractivity contribution is 5.81. The summed E-state index contributed by atoms with van der Waals surface area (Å²) in [6, 6.07) is -0.00958. The first-order valence-electron chi connectivity index (χ1n) is 6.33. The smallest absolute Gasteiger partial charge is 0.239 e. The van der Waals surface area contributed by atoms with Crippen LogP contribution in [0.15, 0.2) is 0 Å². The molecule has 1 N–H and O–H groups in total. The maximum Gasteiger partial charge on any atom is 0.239 e. The van der Waals surface area contributed by atoms with Crippen LogP contribution in [0.2, 0.25) is 0 Å². The second kappa shape index (κ2) is 7.63. The molecule has 1 atom stereocenters. The van der Waals surface area contributed by atoms with Crippen LogP contribution in [0.1, 0.15) is 32.6 Å². The molecule has 0 aromatic heterocycles. The van der Waals surface area contributed by atoms with Crippen LogP contribution in [0.5, 0.6) is 0 Å². The first kappa shape index (κ1) is 13.5. The van der Waals surface area contributed by atoms with Gasteiger partial charge in [0.15, 0.2) is 0 Å². The van der Waals surface area contributed by atoms with Gasteiger partial charge in [-0.3, -0.25) is 4.79 Å². The Morgan fingerprint density at radius 3 is 2.62 bits per heavy atom. The predicted molar refractivity (Wildman–Crippen MR) is 64.4 cm³/mol. The van der Waals surface area contributed by atoms with Crippen molar-refractivity contribution in [3.63, 3.8) is 0 Å². The summed E-state index contributed by atoms with van der Waals surface area (Å²) in [7, 11) is 1.87. The highest BCUT2D eigenvalue weighted by Crippen LogP contribution is 2.08. The Kier molecular flexibility index (Phi) is 6.42. The van der Waals surface area contributed by atoms with E-state index in [1.807, 2.05) is 11.9 Å². The Bertz CT molecular complexity index is 203. The molecule has 1 saturated heterocycles. The van der Waals surface area contributed by atoms with E-state index >= 15 is 0 Å². The molecule has 4 heteroatoms. The Morgan fingerprint density at radius 1 is 1.38 bits per heavy atom. The number of likely N-dealkylation sites (N-methyl/N-ethyl adjacent to an activating group) is 1. The second-order valence-corrected chi connectivity index (χ2v) is 4.27. The van der Waals surface area contributed by atoms with Gasteiger partial charge in [0.1, 0.15) is 0 Å². The summed E-state index contributed by atoms with van der Waals surface area (Å²) < 4.78 is 5.25. The number of carbonyl (C=O) groups is 1. The maximum absolute atomic E-state index is 12.1. The minimum Gasteiger partial charge on any atom is -0.378 e. The molecule has 1 aliphatic rings. The van der Waals surface area contributed by atoms with Crippen molar-refractivity contribution in [1.82, 2.24) is 10.2 Å². The third-order valence-corrected chi connectivity index (χ3v) is 3.07. The third-order valence-electron chi connectivity index (χ3n) is 3.07. The van der Waals surface area contributed by atoms with Gasteiger partial charge < -0.3 is 15.0 Å². The molecule has 1 aliphatic heterocycles. The summed E-state index contributed by atoms with van der Waals surface area (Å²) in [6.07, 6.45) is 4.47. The highest BCUT2D eigenvalue weighted by Gasteiger charge is 2.23. The second-order valence-electron chi connectivity index (χ2n) is 4.27. The Morgan fingerprint density at radius 2 is 2.06 bits per heavy atom. The number of nitrogens with zero attached hydrogens (tertiary/aromatic N) is 1. The minimum absolute atomic E-state index is 0.00958. The van der Waals surface area contributed by atoms with Gasteiger partial charge in [0.25, 0.3) is 0 Å². The number of nitrogens with one attached hydrogen (secondary N) is 1. The van der Waals surface area contributed by atoms with Crippen LogP contribution in [-0.4, -0.2) is 50.2 Å². The van der Waals surface area contributed by atoms with Gasteiger partial charge in [0.05, 0.1) is 19.3 Å². The van der Waals surface area contributed by atoms with Gasteiger partial charge in [-0.25, -0.2) is 0 Å². The van der Waals surface area contributed by atoms with Crippen LogP contribution in [0.3, 0.4) is 0 Å². The first-order valence-corrected chi connectivity index (χ1v) is 6.33. The standard InChI is InChI=1S/C12H24N2O2/c1-3-4-5-6-11(13-2)12(15)14-7-9-16-10-8-14/h11,13H,3-10H2,1-2H3. The molecule has 0 aromatic rings. The fraction of sp³-hybridized carbons (Fsp3) is 0.917. The maximum atomic E-state index is 12.1. The molecule has 1 heterocycles. The molecule has 94 valence electrons. The number of morpholine rings is 1. The van der Waals surface area contributed by atoms with Crippen molar-refractivity contribution in [2.24, 2.45) is 0 Å². The van der Waals surface area contributed by atoms with E-state index in [0.717, 1.165) is 25.9 Å². The molecule has 16 heavy (non-hydrogen) atoms. The molecule has 0 aromatic carbocycles. The van der Waals surface area contributed by atoms with Crippen LogP contribution >= 0.6 is 0 Å². The molecule has 0 aliphatic carbocycles. The average Bonchev–Trinajstić information content (AvgIpc) is 2.35. The van der Waals surface area contributed by atoms with E-state index in [4.69, 9.17) is 4.74 Å². The summed E-state index contributed by atoms with van der Waals surface area (Å²) in [5.74, 6) is 0.238. The third kappa shape index (κ3) is 4.10. The van der Waals surface area contributed by atoms with E-state index in [0.29, 0.717) is 13.2 Å². The van der Waals surface area contributed by atoms with E-state index < -0.39 is 0 Å². The number of amides is 1. The number of ether oxygens (including phenoxy) is 1. The molecule has 1 fully saturated rings. The molecule has 4 nitrogen and oxygen atoms in total. The van der Waals surface area contributed by atoms with E-state index in [2.05, 4.69) is 12.2 Å². The summed E-state index contributed by atoms with van der Waals surface area (Å²) in [5.41, 5.74) is 0. The molecule has 0 saturated carbocycles. The van der Waals surface area contributed by atoms with E-state index in [1.165, 1.54) is 12.8 Å². The topological polar surface area (TPSA) is 41.6 Å². The number of unbranched alkanes of at least 4 members (excludes halogenated alkanes) is 2. The molecule has 0 bridgehead atoms. The highest BCUT2D eigenvalue weighted by atomic mass is 16.5. The molecular weight excluding hydrogens is 204 g/mol. The fourth-order valence-corrected chi connectivity index (χ4v) is 1.99. The van der Waals surface area contributed by atoms with E-state index in [1.54, 1.807) is 0 Å². The van der Waals surface area contributed by atoms with Gasteiger partial charge in [-0.15, -0.1) is 0 Å². The van der Waals surface area contributed by atoms with Crippen molar-refractivity contribution < 1.29 is 9.53 Å². The lowest BCUT2D eigenvalue weighted by Gasteiger charge is -2.30. The predicted octanol–water partition coefficient (Wildman–Crippen LogP) is 1.01. The van der Waals surface area contributed by atoms with Crippen molar-refractivity contribution in [3.8, 4) is 0 Å². The van der Waals surface area contributed by atoms with E-state index in [-0.39, 0.29) is 11.9 Å². The fourth-order valence-electron chi connectivity index (χ4n) is 1.99. The SMILES string of the molecule is CCCCCC(NC)C(=O)N1CCOCC1. The summed E-state index contributed by atoms with van der Waals surface area (Å²) in [6.45, 7) is 5.02. The van der Waals surface area contributed by atoms with Crippen molar-refractivity contribution in [2.75, 3.05) is 33.4 Å². The van der Waals surface area contributed by atoms with Gasteiger partial charge in [0.2, 0.25) is 5.91 Å². The zero-order chi connectivity index (χ0) is 11.8. The lowest BCUT2D eigenvalue weighted by molar-refractivity contribution is -0.137. The molecular formula is C12H24N2O2. The number of hydrogen-bond donors (Lipinski definition) is 1. The number of carbonyl (C=O) groups excluding carboxylic acids is 1. The summed E-state index contributed by atoms with van der Waals surface area (Å²) >= 11 is 0. The minimum atomic E-state index is -0.00958. The zero-order valence-electron chi connectivity index (χ0n) is 10.5. The van der Waals surface area contributed by atoms with Gasteiger partial charge in [-0.1, -0.05) is 26.2 Å². The Hall–Kier alpha value is -0.610. The summed E-state index contributed by atoms with van der Waals surface area (Å²) in [4.78, 5) is 14.0. The quantitative estimate of drug-likeness (QED) is 0.690. The van der Waals surface area contributed by atoms with Gasteiger partial charge in [0, 0.05) is 13.1 Å². The average molecular weight is 228 g/mol. The van der Waals surface area contributed by atoms with Gasteiger partial charge >= 0.3 is 0 Å². The summed E-state index contributed by atoms with van der Waals surface area (Å²) in [5, 5.41) is 3.13. The molecule has 1 amide bonds. The van der Waals surface area contributed by atoms with Crippen LogP contribution in [0, 0.1) is 0 Å². The van der Waals surface area contributed by atoms with Crippen molar-refractivity contribution >= 4 is 5.91 Å². The first-order chi connectivity index (χ1) is 7.79. The molecule has 1 rings (SSSR count). The van der Waals surface area contributed by atoms with Crippen LogP contribution < -0.4 is 5.32 Å². The number of rotatable bonds is 6. The lowest BCUT2D eigenvalue weighted by Crippen LogP contribution is -2.49. The van der Waals surface area contributed by atoms with Gasteiger partial charge in [-0.2, -0.15) is 0 Å². The van der Waals surface area contributed by atoms with Crippen LogP contribution in [0.25, 0.3) is 0 Å². The van der Waals surface area contributed by atoms with Crippen LogP contribution in [-0.2, 0) is 9.53 Å². The Labute approximate surface area is 98.3 Å².